The van der Waals surface area contributed by atoms with Gasteiger partial charge in [-0.1, -0.05) is 46.9 Å². The van der Waals surface area contributed by atoms with Gasteiger partial charge in [0.1, 0.15) is 0 Å². The van der Waals surface area contributed by atoms with Crippen molar-refractivity contribution in [3.05, 3.63) is 41.2 Å². The Kier molecular flexibility index (Phi) is 5.19. The Morgan fingerprint density at radius 1 is 1.13 bits per heavy atom. The van der Waals surface area contributed by atoms with E-state index in [1.807, 2.05) is 0 Å². The molecule has 3 N–H and O–H groups in total. The molecule has 6 nitrogen and oxygen atoms in total. The van der Waals surface area contributed by atoms with E-state index < -0.39 is 15.6 Å². The molecule has 2 aromatic rings. The van der Waals surface area contributed by atoms with E-state index >= 15 is 0 Å². The number of H-pyrrole nitrogens is 1. The number of alkyl halides is 3. The fraction of sp³-hybridized carbons (Fsp3) is 0.214. The minimum absolute atomic E-state index is 0.232. The van der Waals surface area contributed by atoms with E-state index in [0.717, 1.165) is 5.69 Å². The first-order valence-corrected chi connectivity index (χ1v) is 7.63. The number of halogens is 3. The number of nitrogens with one attached hydrogen (secondary N) is 3. The van der Waals surface area contributed by atoms with Crippen molar-refractivity contribution in [1.29, 1.82) is 0 Å². The normalized spacial score (nSPS) is 11.2. The van der Waals surface area contributed by atoms with E-state index in [4.69, 9.17) is 34.8 Å². The summed E-state index contributed by atoms with van der Waals surface area (Å²) in [4.78, 5) is 24.2. The van der Waals surface area contributed by atoms with E-state index in [-0.39, 0.29) is 11.3 Å². The molecule has 0 fully saturated rings. The van der Waals surface area contributed by atoms with Crippen molar-refractivity contribution in [3.8, 4) is 0 Å². The zero-order chi connectivity index (χ0) is 17.2. The molecule has 0 saturated heterocycles. The summed E-state index contributed by atoms with van der Waals surface area (Å²) in [5, 5.41) is 11.9. The molecule has 0 radical (unpaired) electrons. The number of aromatic nitrogens is 2. The van der Waals surface area contributed by atoms with E-state index in [0.29, 0.717) is 11.4 Å². The van der Waals surface area contributed by atoms with E-state index in [1.54, 1.807) is 32.0 Å². The number of aromatic amines is 1. The number of carbonyl (C=O) groups excluding carboxylic acids is 2. The summed E-state index contributed by atoms with van der Waals surface area (Å²) in [5.74, 6) is -1.27. The van der Waals surface area contributed by atoms with E-state index in [2.05, 4.69) is 20.8 Å². The Bertz CT molecular complexity index is 733. The summed E-state index contributed by atoms with van der Waals surface area (Å²) in [5.41, 5.74) is 2.42. The lowest BCUT2D eigenvalue weighted by molar-refractivity contribution is -0.115. The molecule has 1 aromatic heterocycles. The van der Waals surface area contributed by atoms with Crippen LogP contribution in [0.15, 0.2) is 24.3 Å². The number of hydrogen-bond acceptors (Lipinski definition) is 3. The zero-order valence-electron chi connectivity index (χ0n) is 12.2. The lowest BCUT2D eigenvalue weighted by Crippen LogP contribution is -2.28. The second kappa shape index (κ2) is 6.78. The quantitative estimate of drug-likeness (QED) is 0.717. The molecule has 9 heteroatoms. The first-order valence-electron chi connectivity index (χ1n) is 6.50. The number of anilines is 2. The summed E-state index contributed by atoms with van der Waals surface area (Å²) in [6, 6.07) is 6.40. The van der Waals surface area contributed by atoms with Crippen molar-refractivity contribution < 1.29 is 9.59 Å². The summed E-state index contributed by atoms with van der Waals surface area (Å²) >= 11 is 16.6. The molecule has 0 aliphatic heterocycles. The van der Waals surface area contributed by atoms with Gasteiger partial charge in [-0.2, -0.15) is 5.10 Å². The maximum atomic E-state index is 12.5. The van der Waals surface area contributed by atoms with Gasteiger partial charge >= 0.3 is 0 Å². The second-order valence-electron chi connectivity index (χ2n) is 4.76. The zero-order valence-corrected chi connectivity index (χ0v) is 14.5. The van der Waals surface area contributed by atoms with Gasteiger partial charge in [0.05, 0.1) is 28.3 Å². The third-order valence-corrected chi connectivity index (χ3v) is 3.56. The summed E-state index contributed by atoms with van der Waals surface area (Å²) in [6.07, 6.45) is 0. The molecular formula is C14H13Cl3N4O2. The highest BCUT2D eigenvalue weighted by atomic mass is 35.6. The summed E-state index contributed by atoms with van der Waals surface area (Å²) in [6.45, 7) is 3.54. The van der Waals surface area contributed by atoms with Crippen LogP contribution in [0.4, 0.5) is 11.4 Å². The molecule has 0 unspecified atom stereocenters. The summed E-state index contributed by atoms with van der Waals surface area (Å²) < 4.78 is -2.12. The largest absolute Gasteiger partial charge is 0.322 e. The van der Waals surface area contributed by atoms with Crippen molar-refractivity contribution in [2.75, 3.05) is 10.6 Å². The topological polar surface area (TPSA) is 86.9 Å². The molecule has 2 rings (SSSR count). The number of benzene rings is 1. The Labute approximate surface area is 147 Å². The number of aryl methyl sites for hydroxylation is 2. The van der Waals surface area contributed by atoms with Crippen molar-refractivity contribution in [1.82, 2.24) is 10.2 Å². The predicted molar refractivity (Wildman–Crippen MR) is 91.4 cm³/mol. The third kappa shape index (κ3) is 4.16. The molecule has 122 valence electrons. The van der Waals surface area contributed by atoms with Crippen LogP contribution >= 0.6 is 34.8 Å². The number of rotatable bonds is 3. The molecule has 1 aromatic carbocycles. The number of hydrogen-bond donors (Lipinski definition) is 3. The average Bonchev–Trinajstić information content (AvgIpc) is 2.78. The molecule has 0 spiro atoms. The first-order chi connectivity index (χ1) is 10.7. The molecular weight excluding hydrogens is 363 g/mol. The van der Waals surface area contributed by atoms with Gasteiger partial charge in [0.25, 0.3) is 15.6 Å². The van der Waals surface area contributed by atoms with Crippen molar-refractivity contribution >= 4 is 58.0 Å². The smallest absolute Gasteiger partial charge is 0.276 e. The Morgan fingerprint density at radius 3 is 2.35 bits per heavy atom. The van der Waals surface area contributed by atoms with Crippen LogP contribution in [0.3, 0.4) is 0 Å². The van der Waals surface area contributed by atoms with Crippen LogP contribution in [0.25, 0.3) is 0 Å². The third-order valence-electron chi connectivity index (χ3n) is 3.04. The van der Waals surface area contributed by atoms with Gasteiger partial charge in [0.2, 0.25) is 0 Å². The van der Waals surface area contributed by atoms with Crippen molar-refractivity contribution in [2.24, 2.45) is 0 Å². The van der Waals surface area contributed by atoms with Crippen LogP contribution in [0.1, 0.15) is 21.7 Å². The van der Waals surface area contributed by atoms with Gasteiger partial charge in [-0.15, -0.1) is 0 Å². The number of para-hydroxylation sites is 1. The SMILES string of the molecule is Cc1n[nH]c(C)c1NC(=O)c1ccccc1NC(=O)C(Cl)(Cl)Cl. The maximum absolute atomic E-state index is 12.5. The molecule has 0 bridgehead atoms. The molecule has 1 heterocycles. The van der Waals surface area contributed by atoms with Gasteiger partial charge in [-0.3, -0.25) is 14.7 Å². The standard InChI is InChI=1S/C14H13Cl3N4O2/c1-7-11(8(2)21-20-7)19-12(22)9-5-3-4-6-10(9)18-13(23)14(15,16)17/h3-6H,1-2H3,(H,18,23)(H,19,22)(H,20,21). The minimum atomic E-state index is -2.12. The number of nitrogens with zero attached hydrogens (tertiary/aromatic N) is 1. The number of amides is 2. The Balaban J connectivity index is 2.26. The van der Waals surface area contributed by atoms with Crippen molar-refractivity contribution in [2.45, 2.75) is 17.6 Å². The molecule has 0 aliphatic rings. The number of carbonyl (C=O) groups is 2. The highest BCUT2D eigenvalue weighted by Crippen LogP contribution is 2.29. The fourth-order valence-electron chi connectivity index (χ4n) is 1.90. The van der Waals surface area contributed by atoms with Crippen LogP contribution in [0, 0.1) is 13.8 Å². The monoisotopic (exact) mass is 374 g/mol. The first kappa shape index (κ1) is 17.6. The van der Waals surface area contributed by atoms with Gasteiger partial charge < -0.3 is 10.6 Å². The van der Waals surface area contributed by atoms with Crippen LogP contribution in [-0.4, -0.2) is 25.8 Å². The molecule has 0 aliphatic carbocycles. The van der Waals surface area contributed by atoms with E-state index in [9.17, 15) is 9.59 Å². The Morgan fingerprint density at radius 2 is 1.78 bits per heavy atom. The van der Waals surface area contributed by atoms with Gasteiger partial charge in [0.15, 0.2) is 0 Å². The van der Waals surface area contributed by atoms with Gasteiger partial charge in [0, 0.05) is 0 Å². The van der Waals surface area contributed by atoms with Crippen LogP contribution in [0.5, 0.6) is 0 Å². The highest BCUT2D eigenvalue weighted by molar-refractivity contribution is 6.76. The molecule has 0 saturated carbocycles. The van der Waals surface area contributed by atoms with Crippen LogP contribution in [-0.2, 0) is 4.79 Å². The lowest BCUT2D eigenvalue weighted by atomic mass is 10.1. The van der Waals surface area contributed by atoms with Crippen molar-refractivity contribution in [3.63, 3.8) is 0 Å². The Hall–Kier alpha value is -1.76. The highest BCUT2D eigenvalue weighted by Gasteiger charge is 2.31. The molecule has 0 atom stereocenters. The van der Waals surface area contributed by atoms with Crippen LogP contribution in [0.2, 0.25) is 0 Å². The van der Waals surface area contributed by atoms with Gasteiger partial charge in [-0.05, 0) is 26.0 Å². The maximum Gasteiger partial charge on any atom is 0.276 e. The molecule has 2 amide bonds. The second-order valence-corrected chi connectivity index (χ2v) is 7.04. The van der Waals surface area contributed by atoms with Gasteiger partial charge in [-0.25, -0.2) is 0 Å². The average molecular weight is 376 g/mol. The summed E-state index contributed by atoms with van der Waals surface area (Å²) in [7, 11) is 0. The van der Waals surface area contributed by atoms with Crippen LogP contribution < -0.4 is 10.6 Å². The fourth-order valence-corrected chi connectivity index (χ4v) is 2.04. The lowest BCUT2D eigenvalue weighted by Gasteiger charge is -2.14. The molecule has 23 heavy (non-hydrogen) atoms. The minimum Gasteiger partial charge on any atom is -0.322 e. The van der Waals surface area contributed by atoms with E-state index in [1.165, 1.54) is 6.07 Å². The predicted octanol–water partition coefficient (Wildman–Crippen LogP) is 3.59.